The molecule has 1 aromatic heterocycles. The Bertz CT molecular complexity index is 406. The summed E-state index contributed by atoms with van der Waals surface area (Å²) in [5, 5.41) is 6.94. The molecule has 6 heteroatoms. The van der Waals surface area contributed by atoms with E-state index >= 15 is 0 Å². The van der Waals surface area contributed by atoms with E-state index in [0.717, 1.165) is 6.42 Å². The number of carbonyl (C=O) groups excluding carboxylic acids is 2. The van der Waals surface area contributed by atoms with Gasteiger partial charge in [0.25, 0.3) is 0 Å². The number of urea groups is 1. The number of thiophene rings is 1. The predicted molar refractivity (Wildman–Crippen MR) is 77.2 cm³/mol. The van der Waals surface area contributed by atoms with E-state index in [1.807, 2.05) is 43.3 Å². The van der Waals surface area contributed by atoms with Crippen molar-refractivity contribution >= 4 is 23.3 Å². The lowest BCUT2D eigenvalue weighted by Gasteiger charge is -2.22. The van der Waals surface area contributed by atoms with E-state index in [4.69, 9.17) is 0 Å². The highest BCUT2D eigenvalue weighted by molar-refractivity contribution is 7.10. The minimum absolute atomic E-state index is 0.157. The number of rotatable bonds is 6. The molecule has 0 radical (unpaired) electrons. The normalized spacial score (nSPS) is 12.2. The zero-order valence-electron chi connectivity index (χ0n) is 11.6. The summed E-state index contributed by atoms with van der Waals surface area (Å²) in [5.74, 6) is -0.292. The van der Waals surface area contributed by atoms with E-state index in [1.54, 1.807) is 11.3 Å². The quantitative estimate of drug-likeness (QED) is 0.839. The van der Waals surface area contributed by atoms with E-state index in [1.165, 1.54) is 4.88 Å². The van der Waals surface area contributed by atoms with Crippen LogP contribution in [-0.2, 0) is 4.79 Å². The second-order valence-electron chi connectivity index (χ2n) is 4.41. The highest BCUT2D eigenvalue weighted by atomic mass is 32.1. The van der Waals surface area contributed by atoms with Gasteiger partial charge in [0.1, 0.15) is 0 Å². The first-order chi connectivity index (χ1) is 9.04. The third-order valence-electron chi connectivity index (χ3n) is 2.80. The van der Waals surface area contributed by atoms with Crippen LogP contribution in [0, 0.1) is 0 Å². The van der Waals surface area contributed by atoms with Gasteiger partial charge in [0.2, 0.25) is 5.91 Å². The van der Waals surface area contributed by atoms with Crippen LogP contribution in [0.5, 0.6) is 0 Å². The molecule has 3 amide bonds. The Hall–Kier alpha value is -1.40. The second-order valence-corrected chi connectivity index (χ2v) is 5.39. The van der Waals surface area contributed by atoms with Crippen LogP contribution in [0.3, 0.4) is 0 Å². The van der Waals surface area contributed by atoms with Crippen molar-refractivity contribution in [1.29, 1.82) is 0 Å². The van der Waals surface area contributed by atoms with Crippen LogP contribution in [0.4, 0.5) is 4.79 Å². The molecule has 0 fully saturated rings. The van der Waals surface area contributed by atoms with Gasteiger partial charge in [-0.05, 0) is 31.8 Å². The molecule has 0 spiro atoms. The summed E-state index contributed by atoms with van der Waals surface area (Å²) in [6.07, 6.45) is 0.844. The minimum atomic E-state index is -0.427. The molecule has 0 aliphatic heterocycles. The molecule has 1 atom stereocenters. The highest BCUT2D eigenvalue weighted by Crippen LogP contribution is 2.22. The first-order valence-electron chi connectivity index (χ1n) is 6.36. The first-order valence-corrected chi connectivity index (χ1v) is 7.23. The molecule has 0 saturated heterocycles. The number of nitrogens with one attached hydrogen (secondary N) is 2. The van der Waals surface area contributed by atoms with Gasteiger partial charge in [-0.15, -0.1) is 11.3 Å². The number of hydrogen-bond acceptors (Lipinski definition) is 4. The molecular formula is C13H21N3O2S. The number of hydrogen-bond donors (Lipinski definition) is 2. The van der Waals surface area contributed by atoms with Gasteiger partial charge in [0.05, 0.1) is 6.54 Å². The van der Waals surface area contributed by atoms with Crippen molar-refractivity contribution in [1.82, 2.24) is 15.5 Å². The largest absolute Gasteiger partial charge is 0.338 e. The average molecular weight is 283 g/mol. The summed E-state index contributed by atoms with van der Waals surface area (Å²) in [7, 11) is 1.87. The Kier molecular flexibility index (Phi) is 6.52. The van der Waals surface area contributed by atoms with Gasteiger partial charge in [-0.25, -0.2) is 4.79 Å². The van der Waals surface area contributed by atoms with Crippen LogP contribution < -0.4 is 10.6 Å². The molecule has 0 aliphatic carbocycles. The van der Waals surface area contributed by atoms with Gasteiger partial charge >= 0.3 is 6.03 Å². The molecule has 0 bridgehead atoms. The number of amides is 3. The Morgan fingerprint density at radius 1 is 1.47 bits per heavy atom. The average Bonchev–Trinajstić information content (AvgIpc) is 2.88. The summed E-state index contributed by atoms with van der Waals surface area (Å²) in [5.41, 5.74) is 0. The second kappa shape index (κ2) is 7.91. The summed E-state index contributed by atoms with van der Waals surface area (Å²) < 4.78 is 0. The lowest BCUT2D eigenvalue weighted by molar-refractivity contribution is -0.121. The maximum atomic E-state index is 11.7. The number of nitrogens with zero attached hydrogens (tertiary/aromatic N) is 1. The third kappa shape index (κ3) is 5.40. The topological polar surface area (TPSA) is 61.4 Å². The van der Waals surface area contributed by atoms with Crippen LogP contribution in [0.2, 0.25) is 0 Å². The Balaban J connectivity index is 2.37. The molecule has 0 saturated carbocycles. The maximum absolute atomic E-state index is 11.7. The van der Waals surface area contributed by atoms with Crippen molar-refractivity contribution in [2.45, 2.75) is 26.3 Å². The highest BCUT2D eigenvalue weighted by Gasteiger charge is 2.16. The van der Waals surface area contributed by atoms with E-state index in [0.29, 0.717) is 6.54 Å². The van der Waals surface area contributed by atoms with Gasteiger partial charge < -0.3 is 5.32 Å². The monoisotopic (exact) mass is 283 g/mol. The molecule has 1 heterocycles. The molecule has 0 aliphatic rings. The molecule has 19 heavy (non-hydrogen) atoms. The third-order valence-corrected chi connectivity index (χ3v) is 3.84. The van der Waals surface area contributed by atoms with Crippen molar-refractivity contribution < 1.29 is 9.59 Å². The van der Waals surface area contributed by atoms with Gasteiger partial charge in [-0.1, -0.05) is 13.0 Å². The Morgan fingerprint density at radius 2 is 2.21 bits per heavy atom. The summed E-state index contributed by atoms with van der Waals surface area (Å²) in [4.78, 5) is 26.1. The molecule has 2 N–H and O–H groups in total. The van der Waals surface area contributed by atoms with Crippen LogP contribution >= 0.6 is 11.3 Å². The van der Waals surface area contributed by atoms with E-state index in [-0.39, 0.29) is 18.5 Å². The number of likely N-dealkylation sites (N-methyl/N-ethyl adjacent to an activating group) is 1. The maximum Gasteiger partial charge on any atom is 0.321 e. The molecule has 1 aromatic rings. The fourth-order valence-corrected chi connectivity index (χ4v) is 2.41. The lowest BCUT2D eigenvalue weighted by atomic mass is 10.2. The Labute approximate surface area is 118 Å². The van der Waals surface area contributed by atoms with Crippen LogP contribution in [0.1, 0.15) is 31.2 Å². The van der Waals surface area contributed by atoms with E-state index < -0.39 is 6.03 Å². The first kappa shape index (κ1) is 15.7. The minimum Gasteiger partial charge on any atom is -0.338 e. The van der Waals surface area contributed by atoms with Crippen LogP contribution in [-0.4, -0.2) is 37.0 Å². The van der Waals surface area contributed by atoms with E-state index in [9.17, 15) is 9.59 Å². The fourth-order valence-electron chi connectivity index (χ4n) is 1.56. The summed E-state index contributed by atoms with van der Waals surface area (Å²) in [6, 6.07) is 3.76. The zero-order valence-corrected chi connectivity index (χ0v) is 12.4. The standard InChI is InChI=1S/C13H21N3O2S/c1-4-7-14-13(18)15-12(17)9-16(3)10(2)11-6-5-8-19-11/h5-6,8,10H,4,7,9H2,1-3H3,(H2,14,15,17,18). The molecule has 0 aromatic carbocycles. The van der Waals surface area contributed by atoms with Gasteiger partial charge in [0, 0.05) is 17.5 Å². The molecular weight excluding hydrogens is 262 g/mol. The van der Waals surface area contributed by atoms with E-state index in [2.05, 4.69) is 10.6 Å². The molecule has 106 valence electrons. The molecule has 5 nitrogen and oxygen atoms in total. The van der Waals surface area contributed by atoms with Crippen molar-refractivity contribution in [3.05, 3.63) is 22.4 Å². The SMILES string of the molecule is CCCNC(=O)NC(=O)CN(C)C(C)c1cccs1. The van der Waals surface area contributed by atoms with Gasteiger partial charge in [-0.2, -0.15) is 0 Å². The summed E-state index contributed by atoms with van der Waals surface area (Å²) >= 11 is 1.66. The Morgan fingerprint density at radius 3 is 2.79 bits per heavy atom. The van der Waals surface area contributed by atoms with Crippen LogP contribution in [0.15, 0.2) is 17.5 Å². The fraction of sp³-hybridized carbons (Fsp3) is 0.538. The number of carbonyl (C=O) groups is 2. The smallest absolute Gasteiger partial charge is 0.321 e. The lowest BCUT2D eigenvalue weighted by Crippen LogP contribution is -2.44. The molecule has 1 rings (SSSR count). The van der Waals surface area contributed by atoms with Crippen molar-refractivity contribution in [3.8, 4) is 0 Å². The van der Waals surface area contributed by atoms with Gasteiger partial charge in [0.15, 0.2) is 0 Å². The van der Waals surface area contributed by atoms with Crippen LogP contribution in [0.25, 0.3) is 0 Å². The van der Waals surface area contributed by atoms with Crippen molar-refractivity contribution in [3.63, 3.8) is 0 Å². The number of imide groups is 1. The van der Waals surface area contributed by atoms with Crippen molar-refractivity contribution in [2.75, 3.05) is 20.1 Å². The summed E-state index contributed by atoms with van der Waals surface area (Å²) in [6.45, 7) is 4.76. The molecule has 1 unspecified atom stereocenters. The van der Waals surface area contributed by atoms with Crippen molar-refractivity contribution in [2.24, 2.45) is 0 Å². The predicted octanol–water partition coefficient (Wildman–Crippen LogP) is 1.98. The zero-order chi connectivity index (χ0) is 14.3. The van der Waals surface area contributed by atoms with Gasteiger partial charge in [-0.3, -0.25) is 15.0 Å².